The zero-order valence-corrected chi connectivity index (χ0v) is 12.1. The molecule has 0 aromatic heterocycles. The van der Waals surface area contributed by atoms with Gasteiger partial charge in [0.05, 0.1) is 0 Å². The molecule has 0 bridgehead atoms. The van der Waals surface area contributed by atoms with Gasteiger partial charge in [0.25, 0.3) is 0 Å². The first kappa shape index (κ1) is 13.9. The molecule has 0 radical (unpaired) electrons. The fourth-order valence-corrected chi connectivity index (χ4v) is 3.68. The van der Waals surface area contributed by atoms with Crippen molar-refractivity contribution < 1.29 is 0 Å². The molecule has 0 aromatic carbocycles. The summed E-state index contributed by atoms with van der Waals surface area (Å²) in [4.78, 5) is 0. The monoisotopic (exact) mass is 247 g/mol. The second-order valence-electron chi connectivity index (χ2n) is 7.03. The van der Waals surface area contributed by atoms with E-state index in [1.54, 1.807) is 0 Å². The Morgan fingerprint density at radius 1 is 1.00 bits per heavy atom. The van der Waals surface area contributed by atoms with E-state index in [0.29, 0.717) is 0 Å². The molecule has 0 saturated heterocycles. The van der Waals surface area contributed by atoms with Gasteiger partial charge in [0.15, 0.2) is 0 Å². The lowest BCUT2D eigenvalue weighted by Crippen LogP contribution is -2.35. The van der Waals surface area contributed by atoms with Gasteiger partial charge in [0.1, 0.15) is 0 Å². The van der Waals surface area contributed by atoms with Crippen LogP contribution in [0.1, 0.15) is 58.8 Å². The van der Waals surface area contributed by atoms with Crippen LogP contribution in [-0.2, 0) is 0 Å². The molecule has 2 aliphatic rings. The summed E-state index contributed by atoms with van der Waals surface area (Å²) in [5.74, 6) is 2.36. The molecule has 1 heteroatoms. The summed E-state index contributed by atoms with van der Waals surface area (Å²) in [5, 5.41) is 0. The van der Waals surface area contributed by atoms with E-state index in [4.69, 9.17) is 5.73 Å². The summed E-state index contributed by atoms with van der Waals surface area (Å²) in [6.45, 7) is 4.35. The summed E-state index contributed by atoms with van der Waals surface area (Å²) >= 11 is 0. The highest BCUT2D eigenvalue weighted by Gasteiger charge is 2.26. The first-order valence-electron chi connectivity index (χ1n) is 7.68. The van der Waals surface area contributed by atoms with Crippen molar-refractivity contribution in [3.05, 3.63) is 24.3 Å². The van der Waals surface area contributed by atoms with Gasteiger partial charge in [0.2, 0.25) is 0 Å². The van der Waals surface area contributed by atoms with E-state index < -0.39 is 0 Å². The SMILES string of the molecule is CC(C)(N)CC1CCCCCC2C=CC=CC2C1. The van der Waals surface area contributed by atoms with Crippen LogP contribution >= 0.6 is 0 Å². The molecule has 0 aromatic rings. The van der Waals surface area contributed by atoms with Crippen LogP contribution in [-0.4, -0.2) is 5.54 Å². The molecular weight excluding hydrogens is 218 g/mol. The first-order chi connectivity index (χ1) is 8.54. The van der Waals surface area contributed by atoms with Crippen molar-refractivity contribution in [1.29, 1.82) is 0 Å². The van der Waals surface area contributed by atoms with Crippen LogP contribution in [0, 0.1) is 17.8 Å². The lowest BCUT2D eigenvalue weighted by molar-refractivity contribution is 0.279. The Hall–Kier alpha value is -0.560. The Kier molecular flexibility index (Phi) is 4.66. The smallest absolute Gasteiger partial charge is 0.00996 e. The molecule has 3 unspecified atom stereocenters. The number of nitrogens with two attached hydrogens (primary N) is 1. The van der Waals surface area contributed by atoms with Crippen molar-refractivity contribution in [2.75, 3.05) is 0 Å². The summed E-state index contributed by atoms with van der Waals surface area (Å²) in [7, 11) is 0. The molecule has 1 fully saturated rings. The average molecular weight is 247 g/mol. The van der Waals surface area contributed by atoms with E-state index in [1.807, 2.05) is 0 Å². The van der Waals surface area contributed by atoms with Crippen LogP contribution in [0.4, 0.5) is 0 Å². The van der Waals surface area contributed by atoms with Gasteiger partial charge >= 0.3 is 0 Å². The quantitative estimate of drug-likeness (QED) is 0.767. The van der Waals surface area contributed by atoms with Gasteiger partial charge in [-0.1, -0.05) is 50.0 Å². The van der Waals surface area contributed by atoms with Crippen molar-refractivity contribution in [3.8, 4) is 0 Å². The van der Waals surface area contributed by atoms with E-state index in [9.17, 15) is 0 Å². The van der Waals surface area contributed by atoms with Crippen molar-refractivity contribution in [1.82, 2.24) is 0 Å². The topological polar surface area (TPSA) is 26.0 Å². The summed E-state index contributed by atoms with van der Waals surface area (Å²) in [6, 6.07) is 0. The van der Waals surface area contributed by atoms with Crippen molar-refractivity contribution in [2.24, 2.45) is 23.5 Å². The van der Waals surface area contributed by atoms with Gasteiger partial charge in [-0.2, -0.15) is 0 Å². The molecule has 2 N–H and O–H groups in total. The highest BCUT2D eigenvalue weighted by Crippen LogP contribution is 2.36. The molecule has 2 aliphatic carbocycles. The molecular formula is C17H29N. The Morgan fingerprint density at radius 3 is 2.39 bits per heavy atom. The second-order valence-corrected chi connectivity index (χ2v) is 7.03. The molecule has 0 spiro atoms. The second kappa shape index (κ2) is 6.06. The van der Waals surface area contributed by atoms with Gasteiger partial charge in [-0.15, -0.1) is 0 Å². The Morgan fingerprint density at radius 2 is 1.67 bits per heavy atom. The van der Waals surface area contributed by atoms with Gasteiger partial charge < -0.3 is 5.73 Å². The third-order valence-corrected chi connectivity index (χ3v) is 4.45. The molecule has 1 nitrogen and oxygen atoms in total. The Balaban J connectivity index is 2.02. The number of hydrogen-bond acceptors (Lipinski definition) is 1. The predicted molar refractivity (Wildman–Crippen MR) is 79.3 cm³/mol. The predicted octanol–water partition coefficient (Wildman–Crippen LogP) is 4.44. The van der Waals surface area contributed by atoms with Crippen molar-refractivity contribution in [3.63, 3.8) is 0 Å². The summed E-state index contributed by atoms with van der Waals surface area (Å²) in [5.41, 5.74) is 6.22. The van der Waals surface area contributed by atoms with Crippen LogP contribution in [0.25, 0.3) is 0 Å². The maximum atomic E-state index is 6.23. The van der Waals surface area contributed by atoms with Crippen molar-refractivity contribution in [2.45, 2.75) is 64.3 Å². The van der Waals surface area contributed by atoms with Crippen LogP contribution in [0.2, 0.25) is 0 Å². The molecule has 18 heavy (non-hydrogen) atoms. The normalized spacial score (nSPS) is 33.4. The van der Waals surface area contributed by atoms with Crippen LogP contribution in [0.3, 0.4) is 0 Å². The largest absolute Gasteiger partial charge is 0.326 e. The van der Waals surface area contributed by atoms with Gasteiger partial charge in [-0.05, 0) is 50.9 Å². The van der Waals surface area contributed by atoms with Gasteiger partial charge in [-0.25, -0.2) is 0 Å². The van der Waals surface area contributed by atoms with Gasteiger partial charge in [0, 0.05) is 5.54 Å². The zero-order valence-electron chi connectivity index (χ0n) is 12.1. The highest BCUT2D eigenvalue weighted by molar-refractivity contribution is 5.14. The highest BCUT2D eigenvalue weighted by atomic mass is 14.7. The lowest BCUT2D eigenvalue weighted by Gasteiger charge is -2.30. The molecule has 0 aliphatic heterocycles. The number of fused-ring (bicyclic) bond motifs is 1. The minimum atomic E-state index is -0.0115. The molecule has 102 valence electrons. The van der Waals surface area contributed by atoms with Crippen LogP contribution < -0.4 is 5.73 Å². The minimum absolute atomic E-state index is 0.0115. The minimum Gasteiger partial charge on any atom is -0.326 e. The van der Waals surface area contributed by atoms with E-state index in [1.165, 1.54) is 44.9 Å². The Bertz CT molecular complexity index is 308. The standard InChI is InChI=1S/C17H29N/c1-17(2,18)13-14-8-4-3-5-9-15-10-6-7-11-16(15)12-14/h6-7,10-11,14-16H,3-5,8-9,12-13,18H2,1-2H3. The van der Waals surface area contributed by atoms with Crippen LogP contribution in [0.15, 0.2) is 24.3 Å². The summed E-state index contributed by atoms with van der Waals surface area (Å²) in [6.07, 6.45) is 18.8. The third kappa shape index (κ3) is 4.28. The fraction of sp³-hybridized carbons (Fsp3) is 0.765. The molecule has 3 atom stereocenters. The summed E-state index contributed by atoms with van der Waals surface area (Å²) < 4.78 is 0. The zero-order chi connectivity index (χ0) is 13.0. The third-order valence-electron chi connectivity index (χ3n) is 4.45. The first-order valence-corrected chi connectivity index (χ1v) is 7.68. The molecule has 2 rings (SSSR count). The Labute approximate surface area is 113 Å². The lowest BCUT2D eigenvalue weighted by atomic mass is 9.77. The average Bonchev–Trinajstić information content (AvgIpc) is 2.36. The number of rotatable bonds is 2. The fourth-order valence-electron chi connectivity index (χ4n) is 3.68. The maximum Gasteiger partial charge on any atom is 0.00996 e. The van der Waals surface area contributed by atoms with E-state index in [0.717, 1.165) is 17.8 Å². The molecule has 1 saturated carbocycles. The van der Waals surface area contributed by atoms with Crippen molar-refractivity contribution >= 4 is 0 Å². The van der Waals surface area contributed by atoms with Crippen LogP contribution in [0.5, 0.6) is 0 Å². The van der Waals surface area contributed by atoms with E-state index in [-0.39, 0.29) is 5.54 Å². The number of hydrogen-bond donors (Lipinski definition) is 1. The van der Waals surface area contributed by atoms with E-state index in [2.05, 4.69) is 38.2 Å². The number of allylic oxidation sites excluding steroid dienone is 4. The maximum absolute atomic E-state index is 6.23. The van der Waals surface area contributed by atoms with Gasteiger partial charge in [-0.3, -0.25) is 0 Å². The van der Waals surface area contributed by atoms with E-state index >= 15 is 0 Å². The molecule has 0 heterocycles. The molecule has 0 amide bonds.